The van der Waals surface area contributed by atoms with Crippen molar-refractivity contribution in [3.63, 3.8) is 0 Å². The number of benzene rings is 1. The summed E-state index contributed by atoms with van der Waals surface area (Å²) >= 11 is 0. The monoisotopic (exact) mass is 281 g/mol. The van der Waals surface area contributed by atoms with Gasteiger partial charge in [0.2, 0.25) is 0 Å². The molecule has 4 rings (SSSR count). The number of nitrogens with one attached hydrogen (secondary N) is 1. The van der Waals surface area contributed by atoms with E-state index in [1.54, 1.807) is 0 Å². The summed E-state index contributed by atoms with van der Waals surface area (Å²) in [5, 5.41) is 6.40. The fourth-order valence-corrected chi connectivity index (χ4v) is 4.11. The number of anilines is 1. The first-order valence-electron chi connectivity index (χ1n) is 8.19. The van der Waals surface area contributed by atoms with E-state index in [1.165, 1.54) is 48.6 Å². The lowest BCUT2D eigenvalue weighted by Crippen LogP contribution is -2.61. The summed E-state index contributed by atoms with van der Waals surface area (Å²) in [6.45, 7) is 3.35. The molecule has 21 heavy (non-hydrogen) atoms. The summed E-state index contributed by atoms with van der Waals surface area (Å²) in [5.41, 5.74) is 1.73. The van der Waals surface area contributed by atoms with Gasteiger partial charge in [-0.3, -0.25) is 4.98 Å². The third-order valence-corrected chi connectivity index (χ3v) is 5.18. The number of hydrogen-bond donors (Lipinski definition) is 1. The van der Waals surface area contributed by atoms with Crippen LogP contribution in [-0.4, -0.2) is 30.2 Å². The van der Waals surface area contributed by atoms with Crippen LogP contribution in [0.2, 0.25) is 0 Å². The van der Waals surface area contributed by atoms with Gasteiger partial charge >= 0.3 is 0 Å². The summed E-state index contributed by atoms with van der Waals surface area (Å²) in [6, 6.07) is 8.74. The molecule has 0 radical (unpaired) electrons. The van der Waals surface area contributed by atoms with Gasteiger partial charge in [0.15, 0.2) is 0 Å². The van der Waals surface area contributed by atoms with E-state index >= 15 is 0 Å². The Bertz CT molecular complexity index is 620. The Morgan fingerprint density at radius 3 is 2.90 bits per heavy atom. The smallest absolute Gasteiger partial charge is 0.0448 e. The highest BCUT2D eigenvalue weighted by atomic mass is 15.2. The Kier molecular flexibility index (Phi) is 3.30. The van der Waals surface area contributed by atoms with Crippen LogP contribution in [0.25, 0.3) is 10.8 Å². The van der Waals surface area contributed by atoms with E-state index < -0.39 is 0 Å². The molecule has 1 aliphatic heterocycles. The van der Waals surface area contributed by atoms with Crippen molar-refractivity contribution in [1.29, 1.82) is 0 Å². The van der Waals surface area contributed by atoms with E-state index in [4.69, 9.17) is 0 Å². The average molecular weight is 281 g/mol. The molecule has 1 aromatic carbocycles. The lowest BCUT2D eigenvalue weighted by Gasteiger charge is -2.47. The molecule has 0 bridgehead atoms. The molecule has 0 unspecified atom stereocenters. The van der Waals surface area contributed by atoms with E-state index in [2.05, 4.69) is 39.5 Å². The van der Waals surface area contributed by atoms with Crippen molar-refractivity contribution < 1.29 is 0 Å². The number of hydrogen-bond acceptors (Lipinski definition) is 3. The number of fused-ring (bicyclic) bond motifs is 1. The van der Waals surface area contributed by atoms with Crippen molar-refractivity contribution in [1.82, 2.24) is 10.3 Å². The Labute approximate surface area is 126 Å². The molecule has 1 aliphatic carbocycles. The molecule has 2 aliphatic rings. The van der Waals surface area contributed by atoms with Crippen LogP contribution in [0.3, 0.4) is 0 Å². The maximum Gasteiger partial charge on any atom is 0.0448 e. The van der Waals surface area contributed by atoms with Crippen LogP contribution in [0.1, 0.15) is 32.1 Å². The zero-order valence-corrected chi connectivity index (χ0v) is 12.5. The normalized spacial score (nSPS) is 21.8. The molecule has 1 aromatic heterocycles. The van der Waals surface area contributed by atoms with Crippen LogP contribution in [0.5, 0.6) is 0 Å². The molecular weight excluding hydrogens is 258 g/mol. The molecule has 2 fully saturated rings. The maximum absolute atomic E-state index is 4.25. The molecule has 1 saturated carbocycles. The van der Waals surface area contributed by atoms with Crippen LogP contribution in [-0.2, 0) is 0 Å². The summed E-state index contributed by atoms with van der Waals surface area (Å²) < 4.78 is 0. The van der Waals surface area contributed by atoms with Gasteiger partial charge in [0.1, 0.15) is 0 Å². The Balaban J connectivity index is 1.68. The fraction of sp³-hybridized carbons (Fsp3) is 0.500. The second-order valence-electron chi connectivity index (χ2n) is 6.56. The number of pyridine rings is 1. The van der Waals surface area contributed by atoms with E-state index in [0.717, 1.165) is 19.6 Å². The summed E-state index contributed by atoms with van der Waals surface area (Å²) in [7, 11) is 0. The Morgan fingerprint density at radius 1 is 1.10 bits per heavy atom. The van der Waals surface area contributed by atoms with Crippen LogP contribution in [0.15, 0.2) is 36.7 Å². The van der Waals surface area contributed by atoms with Crippen LogP contribution in [0, 0.1) is 0 Å². The molecule has 1 N–H and O–H groups in total. The van der Waals surface area contributed by atoms with Gasteiger partial charge in [0.05, 0.1) is 0 Å². The molecule has 0 atom stereocenters. The van der Waals surface area contributed by atoms with Gasteiger partial charge in [-0.05, 0) is 25.0 Å². The summed E-state index contributed by atoms with van der Waals surface area (Å²) in [5.74, 6) is 0. The van der Waals surface area contributed by atoms with Gasteiger partial charge in [0, 0.05) is 54.0 Å². The summed E-state index contributed by atoms with van der Waals surface area (Å²) in [4.78, 5) is 6.84. The molecule has 3 heteroatoms. The Hall–Kier alpha value is -1.61. The predicted molar refractivity (Wildman–Crippen MR) is 87.8 cm³/mol. The fourth-order valence-electron chi connectivity index (χ4n) is 4.11. The second kappa shape index (κ2) is 5.30. The average Bonchev–Trinajstić information content (AvgIpc) is 2.55. The molecule has 3 nitrogen and oxygen atoms in total. The maximum atomic E-state index is 4.25. The lowest BCUT2D eigenvalue weighted by atomic mass is 9.80. The van der Waals surface area contributed by atoms with Gasteiger partial charge < -0.3 is 10.2 Å². The van der Waals surface area contributed by atoms with Crippen molar-refractivity contribution in [2.75, 3.05) is 24.5 Å². The van der Waals surface area contributed by atoms with Crippen LogP contribution in [0.4, 0.5) is 5.69 Å². The molecule has 110 valence electrons. The first-order chi connectivity index (χ1) is 10.4. The minimum Gasteiger partial charge on any atom is -0.368 e. The number of aromatic nitrogens is 1. The van der Waals surface area contributed by atoms with E-state index in [-0.39, 0.29) is 0 Å². The molecule has 0 amide bonds. The standard InChI is InChI=1S/C18H23N3/c1-2-8-18(9-3-1)14-21(12-11-20-18)17-6-4-5-15-13-19-10-7-16(15)17/h4-7,10,13,20H,1-3,8-9,11-12,14H2. The van der Waals surface area contributed by atoms with Gasteiger partial charge in [-0.1, -0.05) is 31.4 Å². The highest BCUT2D eigenvalue weighted by molar-refractivity contribution is 5.93. The number of nitrogens with zero attached hydrogens (tertiary/aromatic N) is 2. The van der Waals surface area contributed by atoms with Crippen molar-refractivity contribution in [3.05, 3.63) is 36.7 Å². The van der Waals surface area contributed by atoms with E-state index in [1.807, 2.05) is 12.4 Å². The first kappa shape index (κ1) is 13.1. The summed E-state index contributed by atoms with van der Waals surface area (Å²) in [6.07, 6.45) is 10.7. The van der Waals surface area contributed by atoms with E-state index in [9.17, 15) is 0 Å². The Morgan fingerprint density at radius 2 is 2.00 bits per heavy atom. The lowest BCUT2D eigenvalue weighted by molar-refractivity contribution is 0.216. The highest BCUT2D eigenvalue weighted by Gasteiger charge is 2.36. The first-order valence-corrected chi connectivity index (χ1v) is 8.19. The van der Waals surface area contributed by atoms with Crippen LogP contribution < -0.4 is 10.2 Å². The zero-order valence-electron chi connectivity index (χ0n) is 12.5. The van der Waals surface area contributed by atoms with Gasteiger partial charge in [-0.15, -0.1) is 0 Å². The topological polar surface area (TPSA) is 28.2 Å². The van der Waals surface area contributed by atoms with Gasteiger partial charge in [0.25, 0.3) is 0 Å². The minimum atomic E-state index is 0.353. The molecule has 2 aromatic rings. The third-order valence-electron chi connectivity index (χ3n) is 5.18. The van der Waals surface area contributed by atoms with Crippen LogP contribution >= 0.6 is 0 Å². The minimum absolute atomic E-state index is 0.353. The van der Waals surface area contributed by atoms with Crippen molar-refractivity contribution >= 4 is 16.5 Å². The predicted octanol–water partition coefficient (Wildman–Crippen LogP) is 3.35. The largest absolute Gasteiger partial charge is 0.368 e. The molecule has 2 heterocycles. The molecule has 1 saturated heterocycles. The third kappa shape index (κ3) is 2.40. The zero-order chi connectivity index (χ0) is 14.1. The second-order valence-corrected chi connectivity index (χ2v) is 6.56. The van der Waals surface area contributed by atoms with Crippen molar-refractivity contribution in [3.8, 4) is 0 Å². The molecule has 1 spiro atoms. The van der Waals surface area contributed by atoms with Crippen molar-refractivity contribution in [2.24, 2.45) is 0 Å². The van der Waals surface area contributed by atoms with Crippen molar-refractivity contribution in [2.45, 2.75) is 37.6 Å². The van der Waals surface area contributed by atoms with Gasteiger partial charge in [-0.2, -0.15) is 0 Å². The number of piperazine rings is 1. The highest BCUT2D eigenvalue weighted by Crippen LogP contribution is 2.34. The number of rotatable bonds is 1. The quantitative estimate of drug-likeness (QED) is 0.869. The SMILES string of the molecule is c1cc(N2CCNC3(CCCCC3)C2)c2ccncc2c1. The molecular formula is C18H23N3. The van der Waals surface area contributed by atoms with E-state index in [0.29, 0.717) is 5.54 Å². The van der Waals surface area contributed by atoms with Gasteiger partial charge in [-0.25, -0.2) is 0 Å².